The van der Waals surface area contributed by atoms with Crippen LogP contribution < -0.4 is 4.74 Å². The zero-order valence-electron chi connectivity index (χ0n) is 8.46. The molecule has 0 atom stereocenters. The molecule has 0 aliphatic heterocycles. The number of benzene rings is 1. The fraction of sp³-hybridized carbons (Fsp3) is 0.167. The SMILES string of the molecule is C=COC(COc1ccccc1)OC=C. The summed E-state index contributed by atoms with van der Waals surface area (Å²) in [5.41, 5.74) is 0. The molecule has 1 rings (SSSR count). The van der Waals surface area contributed by atoms with E-state index in [1.165, 1.54) is 12.5 Å². The maximum Gasteiger partial charge on any atom is 0.273 e. The summed E-state index contributed by atoms with van der Waals surface area (Å²) in [5, 5.41) is 0. The Kier molecular flexibility index (Phi) is 4.87. The predicted molar refractivity (Wildman–Crippen MR) is 58.3 cm³/mol. The maximum atomic E-state index is 5.43. The number of rotatable bonds is 7. The predicted octanol–water partition coefficient (Wildman–Crippen LogP) is 2.71. The molecule has 3 nitrogen and oxygen atoms in total. The van der Waals surface area contributed by atoms with Crippen molar-refractivity contribution in [1.82, 2.24) is 0 Å². The summed E-state index contributed by atoms with van der Waals surface area (Å²) in [6, 6.07) is 9.43. The van der Waals surface area contributed by atoms with Gasteiger partial charge in [-0.05, 0) is 12.1 Å². The van der Waals surface area contributed by atoms with Crippen molar-refractivity contribution in [3.63, 3.8) is 0 Å². The van der Waals surface area contributed by atoms with Gasteiger partial charge in [0.15, 0.2) is 6.61 Å². The van der Waals surface area contributed by atoms with Crippen LogP contribution in [0.3, 0.4) is 0 Å². The second-order valence-corrected chi connectivity index (χ2v) is 2.66. The van der Waals surface area contributed by atoms with Gasteiger partial charge in [-0.15, -0.1) is 0 Å². The Balaban J connectivity index is 2.39. The molecular weight excluding hydrogens is 192 g/mol. The summed E-state index contributed by atoms with van der Waals surface area (Å²) in [4.78, 5) is 0. The molecule has 0 spiro atoms. The number of ether oxygens (including phenoxy) is 3. The molecule has 0 aliphatic rings. The molecule has 0 unspecified atom stereocenters. The topological polar surface area (TPSA) is 27.7 Å². The van der Waals surface area contributed by atoms with Crippen molar-refractivity contribution < 1.29 is 14.2 Å². The van der Waals surface area contributed by atoms with Crippen molar-refractivity contribution in [3.05, 3.63) is 56.0 Å². The average Bonchev–Trinajstić information content (AvgIpc) is 2.28. The molecule has 0 radical (unpaired) electrons. The Morgan fingerprint density at radius 2 is 1.67 bits per heavy atom. The summed E-state index contributed by atoms with van der Waals surface area (Å²) in [5.74, 6) is 0.767. The van der Waals surface area contributed by atoms with Gasteiger partial charge in [0.2, 0.25) is 0 Å². The second-order valence-electron chi connectivity index (χ2n) is 2.66. The van der Waals surface area contributed by atoms with E-state index in [1.54, 1.807) is 0 Å². The highest BCUT2D eigenvalue weighted by Gasteiger charge is 2.07. The molecule has 1 aromatic rings. The lowest BCUT2D eigenvalue weighted by Gasteiger charge is -2.16. The molecular formula is C12H14O3. The largest absolute Gasteiger partial charge is 0.486 e. The first-order chi connectivity index (χ1) is 7.36. The van der Waals surface area contributed by atoms with Crippen LogP contribution in [0, 0.1) is 0 Å². The van der Waals surface area contributed by atoms with E-state index in [9.17, 15) is 0 Å². The molecule has 80 valence electrons. The van der Waals surface area contributed by atoms with Gasteiger partial charge in [0, 0.05) is 0 Å². The number of hydrogen-bond acceptors (Lipinski definition) is 3. The summed E-state index contributed by atoms with van der Waals surface area (Å²) in [6.07, 6.45) is 2.10. The molecule has 0 heterocycles. The Labute approximate surface area is 89.6 Å². The zero-order valence-corrected chi connectivity index (χ0v) is 8.46. The van der Waals surface area contributed by atoms with E-state index in [0.29, 0.717) is 0 Å². The van der Waals surface area contributed by atoms with Crippen LogP contribution in [-0.4, -0.2) is 12.9 Å². The highest BCUT2D eigenvalue weighted by atomic mass is 16.7. The van der Waals surface area contributed by atoms with Crippen molar-refractivity contribution in [3.8, 4) is 5.75 Å². The second kappa shape index (κ2) is 6.54. The molecule has 0 aromatic heterocycles. The minimum Gasteiger partial charge on any atom is -0.486 e. The van der Waals surface area contributed by atoms with Crippen LogP contribution in [-0.2, 0) is 9.47 Å². The Morgan fingerprint density at radius 1 is 1.07 bits per heavy atom. The molecule has 0 N–H and O–H groups in total. The van der Waals surface area contributed by atoms with Crippen molar-refractivity contribution in [2.75, 3.05) is 6.61 Å². The fourth-order valence-corrected chi connectivity index (χ4v) is 1.01. The fourth-order valence-electron chi connectivity index (χ4n) is 1.01. The van der Waals surface area contributed by atoms with Gasteiger partial charge in [0.1, 0.15) is 5.75 Å². The number of hydrogen-bond donors (Lipinski definition) is 0. The van der Waals surface area contributed by atoms with E-state index in [-0.39, 0.29) is 6.61 Å². The molecule has 0 amide bonds. The normalized spacial score (nSPS) is 9.40. The highest BCUT2D eigenvalue weighted by molar-refractivity contribution is 5.20. The van der Waals surface area contributed by atoms with E-state index < -0.39 is 6.29 Å². The maximum absolute atomic E-state index is 5.43. The average molecular weight is 206 g/mol. The Bertz CT molecular complexity index is 285. The molecule has 15 heavy (non-hydrogen) atoms. The van der Waals surface area contributed by atoms with Crippen LogP contribution >= 0.6 is 0 Å². The third-order valence-corrected chi connectivity index (χ3v) is 1.63. The van der Waals surface area contributed by atoms with E-state index >= 15 is 0 Å². The summed E-state index contributed by atoms with van der Waals surface area (Å²) in [6.45, 7) is 7.17. The van der Waals surface area contributed by atoms with Gasteiger partial charge in [-0.3, -0.25) is 0 Å². The first-order valence-electron chi connectivity index (χ1n) is 4.57. The molecule has 0 bridgehead atoms. The molecule has 0 fully saturated rings. The molecule has 0 saturated carbocycles. The van der Waals surface area contributed by atoms with Crippen molar-refractivity contribution in [2.24, 2.45) is 0 Å². The van der Waals surface area contributed by atoms with E-state index in [1.807, 2.05) is 30.3 Å². The van der Waals surface area contributed by atoms with Crippen molar-refractivity contribution in [2.45, 2.75) is 6.29 Å². The Morgan fingerprint density at radius 3 is 2.20 bits per heavy atom. The monoisotopic (exact) mass is 206 g/mol. The van der Waals surface area contributed by atoms with Crippen molar-refractivity contribution >= 4 is 0 Å². The Hall–Kier alpha value is -1.90. The van der Waals surface area contributed by atoms with Gasteiger partial charge < -0.3 is 14.2 Å². The van der Waals surface area contributed by atoms with Gasteiger partial charge in [0.25, 0.3) is 6.29 Å². The lowest BCUT2D eigenvalue weighted by molar-refractivity contribution is -0.0848. The van der Waals surface area contributed by atoms with Crippen LogP contribution in [0.15, 0.2) is 56.0 Å². The highest BCUT2D eigenvalue weighted by Crippen LogP contribution is 2.09. The minimum absolute atomic E-state index is 0.280. The standard InChI is InChI=1S/C12H14O3/c1-3-13-12(14-4-2)10-15-11-8-6-5-7-9-11/h3-9,12H,1-2,10H2. The van der Waals surface area contributed by atoms with E-state index in [4.69, 9.17) is 14.2 Å². The first kappa shape index (κ1) is 11.2. The van der Waals surface area contributed by atoms with E-state index in [0.717, 1.165) is 5.75 Å². The molecule has 0 aliphatic carbocycles. The van der Waals surface area contributed by atoms with E-state index in [2.05, 4.69) is 13.2 Å². The zero-order chi connectivity index (χ0) is 10.9. The van der Waals surface area contributed by atoms with Gasteiger partial charge in [0.05, 0.1) is 12.5 Å². The minimum atomic E-state index is -0.514. The number of para-hydroxylation sites is 1. The summed E-state index contributed by atoms with van der Waals surface area (Å²) >= 11 is 0. The third kappa shape index (κ3) is 4.22. The third-order valence-electron chi connectivity index (χ3n) is 1.63. The lowest BCUT2D eigenvalue weighted by atomic mass is 10.3. The molecule has 1 aromatic carbocycles. The van der Waals surface area contributed by atoms with Crippen LogP contribution in [0.2, 0.25) is 0 Å². The van der Waals surface area contributed by atoms with Crippen LogP contribution in [0.5, 0.6) is 5.75 Å². The van der Waals surface area contributed by atoms with Crippen LogP contribution in [0.25, 0.3) is 0 Å². The van der Waals surface area contributed by atoms with Gasteiger partial charge in [-0.2, -0.15) is 0 Å². The van der Waals surface area contributed by atoms with Crippen molar-refractivity contribution in [1.29, 1.82) is 0 Å². The lowest BCUT2D eigenvalue weighted by Crippen LogP contribution is -2.21. The summed E-state index contributed by atoms with van der Waals surface area (Å²) < 4.78 is 15.5. The van der Waals surface area contributed by atoms with Gasteiger partial charge in [-0.25, -0.2) is 0 Å². The molecule has 0 saturated heterocycles. The summed E-state index contributed by atoms with van der Waals surface area (Å²) in [7, 11) is 0. The quantitative estimate of drug-likeness (QED) is 0.507. The van der Waals surface area contributed by atoms with Crippen LogP contribution in [0.1, 0.15) is 0 Å². The molecule has 3 heteroatoms. The smallest absolute Gasteiger partial charge is 0.273 e. The van der Waals surface area contributed by atoms with Gasteiger partial charge in [-0.1, -0.05) is 31.4 Å². The van der Waals surface area contributed by atoms with Gasteiger partial charge >= 0.3 is 0 Å². The van der Waals surface area contributed by atoms with Crippen LogP contribution in [0.4, 0.5) is 0 Å². The first-order valence-corrected chi connectivity index (χ1v) is 4.57.